The summed E-state index contributed by atoms with van der Waals surface area (Å²) >= 11 is 0. The maximum Gasteiger partial charge on any atom is 0.417 e. The number of anilines is 1. The van der Waals surface area contributed by atoms with Gasteiger partial charge in [0.2, 0.25) is 0 Å². The van der Waals surface area contributed by atoms with Gasteiger partial charge < -0.3 is 14.4 Å². The summed E-state index contributed by atoms with van der Waals surface area (Å²) in [5.41, 5.74) is -0.808. The second kappa shape index (κ2) is 5.88. The minimum Gasteiger partial charge on any atom is -0.467 e. The molecule has 0 amide bonds. The Kier molecular flexibility index (Phi) is 4.36. The first-order valence-corrected chi connectivity index (χ1v) is 6.32. The average Bonchev–Trinajstić information content (AvgIpc) is 2.45. The number of carbonyl (C=O) groups excluding carboxylic acids is 1. The lowest BCUT2D eigenvalue weighted by atomic mass is 10.2. The van der Waals surface area contributed by atoms with E-state index in [9.17, 15) is 18.0 Å². The van der Waals surface area contributed by atoms with Gasteiger partial charge in [0.25, 0.3) is 0 Å². The summed E-state index contributed by atoms with van der Waals surface area (Å²) < 4.78 is 47.6. The summed E-state index contributed by atoms with van der Waals surface area (Å²) in [4.78, 5) is 17.1. The highest BCUT2D eigenvalue weighted by molar-refractivity contribution is 5.75. The van der Waals surface area contributed by atoms with Crippen LogP contribution < -0.4 is 4.90 Å². The quantitative estimate of drug-likeness (QED) is 0.781. The molecule has 0 saturated carbocycles. The maximum absolute atomic E-state index is 12.5. The molecule has 2 atom stereocenters. The molecule has 2 rings (SSSR count). The maximum atomic E-state index is 12.5. The van der Waals surface area contributed by atoms with E-state index in [1.54, 1.807) is 11.8 Å². The Labute approximate surface area is 119 Å². The highest BCUT2D eigenvalue weighted by Gasteiger charge is 2.33. The highest BCUT2D eigenvalue weighted by atomic mass is 19.4. The Morgan fingerprint density at radius 2 is 2.14 bits per heavy atom. The Bertz CT molecular complexity index is 504. The fourth-order valence-electron chi connectivity index (χ4n) is 2.14. The van der Waals surface area contributed by atoms with Crippen LogP contribution in [0.5, 0.6) is 0 Å². The molecule has 0 unspecified atom stereocenters. The van der Waals surface area contributed by atoms with Crippen LogP contribution in [-0.2, 0) is 20.4 Å². The number of hydrogen-bond donors (Lipinski definition) is 0. The van der Waals surface area contributed by atoms with Crippen LogP contribution in [0.1, 0.15) is 12.5 Å². The van der Waals surface area contributed by atoms with Crippen molar-refractivity contribution < 1.29 is 27.4 Å². The van der Waals surface area contributed by atoms with Crippen molar-refractivity contribution in [1.82, 2.24) is 4.98 Å². The van der Waals surface area contributed by atoms with Gasteiger partial charge in [0.05, 0.1) is 25.3 Å². The van der Waals surface area contributed by atoms with Crippen molar-refractivity contribution in [2.75, 3.05) is 25.1 Å². The first kappa shape index (κ1) is 15.6. The Morgan fingerprint density at radius 3 is 2.67 bits per heavy atom. The topological polar surface area (TPSA) is 51.7 Å². The number of esters is 1. The van der Waals surface area contributed by atoms with E-state index in [4.69, 9.17) is 4.74 Å². The zero-order valence-corrected chi connectivity index (χ0v) is 11.6. The number of hydrogen-bond acceptors (Lipinski definition) is 5. The van der Waals surface area contributed by atoms with Gasteiger partial charge in [0.1, 0.15) is 5.82 Å². The standard InChI is InChI=1S/C13H15F3N2O3/c1-8-6-18(7-10(21-8)12(19)20-2)11-4-3-9(5-17-11)13(14,15)16/h3-5,8,10H,6-7H2,1-2H3/t8-,10-/m1/s1. The predicted molar refractivity (Wildman–Crippen MR) is 67.8 cm³/mol. The first-order chi connectivity index (χ1) is 9.81. The molecule has 1 saturated heterocycles. The number of rotatable bonds is 2. The smallest absolute Gasteiger partial charge is 0.417 e. The van der Waals surface area contributed by atoms with Gasteiger partial charge in [0, 0.05) is 12.7 Å². The Balaban J connectivity index is 2.15. The fraction of sp³-hybridized carbons (Fsp3) is 0.538. The number of aromatic nitrogens is 1. The third-order valence-electron chi connectivity index (χ3n) is 3.12. The van der Waals surface area contributed by atoms with Crippen LogP contribution >= 0.6 is 0 Å². The Morgan fingerprint density at radius 1 is 1.43 bits per heavy atom. The molecular weight excluding hydrogens is 289 g/mol. The molecule has 1 aliphatic rings. The highest BCUT2D eigenvalue weighted by Crippen LogP contribution is 2.29. The molecule has 0 spiro atoms. The molecule has 1 fully saturated rings. The molecule has 21 heavy (non-hydrogen) atoms. The summed E-state index contributed by atoms with van der Waals surface area (Å²) in [7, 11) is 1.26. The molecule has 1 aromatic heterocycles. The molecule has 8 heteroatoms. The lowest BCUT2D eigenvalue weighted by molar-refractivity contribution is -0.158. The zero-order valence-electron chi connectivity index (χ0n) is 11.6. The summed E-state index contributed by atoms with van der Waals surface area (Å²) in [5.74, 6) is -0.148. The minimum atomic E-state index is -4.42. The molecule has 2 heterocycles. The van der Waals surface area contributed by atoms with E-state index in [2.05, 4.69) is 9.72 Å². The molecule has 0 N–H and O–H groups in total. The van der Waals surface area contributed by atoms with Crippen molar-refractivity contribution in [2.24, 2.45) is 0 Å². The minimum absolute atomic E-state index is 0.190. The van der Waals surface area contributed by atoms with Crippen LogP contribution in [0, 0.1) is 0 Å². The van der Waals surface area contributed by atoms with E-state index in [1.165, 1.54) is 13.2 Å². The predicted octanol–water partition coefficient (Wildman–Crippen LogP) is 1.87. The number of nitrogens with zero attached hydrogens (tertiary/aromatic N) is 2. The number of ether oxygens (including phenoxy) is 2. The third-order valence-corrected chi connectivity index (χ3v) is 3.12. The zero-order chi connectivity index (χ0) is 15.6. The van der Waals surface area contributed by atoms with Crippen LogP contribution in [-0.4, -0.2) is 43.4 Å². The van der Waals surface area contributed by atoms with E-state index >= 15 is 0 Å². The molecule has 116 valence electrons. The first-order valence-electron chi connectivity index (χ1n) is 6.32. The number of morpholine rings is 1. The number of alkyl halides is 3. The number of methoxy groups -OCH3 is 1. The summed E-state index contributed by atoms with van der Waals surface area (Å²) in [6.07, 6.45) is -4.67. The van der Waals surface area contributed by atoms with Crippen molar-refractivity contribution in [2.45, 2.75) is 25.3 Å². The van der Waals surface area contributed by atoms with Crippen molar-refractivity contribution >= 4 is 11.8 Å². The van der Waals surface area contributed by atoms with Crippen LogP contribution in [0.3, 0.4) is 0 Å². The van der Waals surface area contributed by atoms with Crippen LogP contribution in [0.15, 0.2) is 18.3 Å². The van der Waals surface area contributed by atoms with Crippen LogP contribution in [0.2, 0.25) is 0 Å². The third kappa shape index (κ3) is 3.63. The molecule has 0 bridgehead atoms. The lowest BCUT2D eigenvalue weighted by Crippen LogP contribution is -2.50. The lowest BCUT2D eigenvalue weighted by Gasteiger charge is -2.36. The average molecular weight is 304 g/mol. The van der Waals surface area contributed by atoms with Gasteiger partial charge in [-0.1, -0.05) is 0 Å². The summed E-state index contributed by atoms with van der Waals surface area (Å²) in [5, 5.41) is 0. The number of halogens is 3. The second-order valence-corrected chi connectivity index (χ2v) is 4.77. The molecule has 0 aromatic carbocycles. The molecule has 0 aliphatic carbocycles. The SMILES string of the molecule is COC(=O)[C@H]1CN(c2ccc(C(F)(F)F)cn2)C[C@@H](C)O1. The normalized spacial score (nSPS) is 23.0. The largest absolute Gasteiger partial charge is 0.467 e. The van der Waals surface area contributed by atoms with Gasteiger partial charge in [-0.15, -0.1) is 0 Å². The van der Waals surface area contributed by atoms with E-state index in [0.717, 1.165) is 12.3 Å². The molecular formula is C13H15F3N2O3. The van der Waals surface area contributed by atoms with Gasteiger partial charge in [-0.05, 0) is 19.1 Å². The number of pyridine rings is 1. The van der Waals surface area contributed by atoms with E-state index in [1.807, 2.05) is 0 Å². The van der Waals surface area contributed by atoms with E-state index in [-0.39, 0.29) is 12.6 Å². The van der Waals surface area contributed by atoms with Gasteiger partial charge in [0.15, 0.2) is 6.10 Å². The van der Waals surface area contributed by atoms with Crippen molar-refractivity contribution in [3.05, 3.63) is 23.9 Å². The van der Waals surface area contributed by atoms with Gasteiger partial charge in [-0.3, -0.25) is 0 Å². The monoisotopic (exact) mass is 304 g/mol. The molecule has 0 radical (unpaired) electrons. The fourth-order valence-corrected chi connectivity index (χ4v) is 2.14. The van der Waals surface area contributed by atoms with Crippen molar-refractivity contribution in [3.8, 4) is 0 Å². The van der Waals surface area contributed by atoms with Gasteiger partial charge in [-0.25, -0.2) is 9.78 Å². The Hall–Kier alpha value is -1.83. The van der Waals surface area contributed by atoms with Crippen molar-refractivity contribution in [1.29, 1.82) is 0 Å². The van der Waals surface area contributed by atoms with E-state index in [0.29, 0.717) is 12.4 Å². The molecule has 1 aromatic rings. The summed E-state index contributed by atoms with van der Waals surface area (Å²) in [6.45, 7) is 2.40. The van der Waals surface area contributed by atoms with Crippen molar-refractivity contribution in [3.63, 3.8) is 0 Å². The van der Waals surface area contributed by atoms with Crippen LogP contribution in [0.25, 0.3) is 0 Å². The second-order valence-electron chi connectivity index (χ2n) is 4.77. The molecule has 5 nitrogen and oxygen atoms in total. The van der Waals surface area contributed by atoms with E-state index < -0.39 is 23.8 Å². The van der Waals surface area contributed by atoms with Gasteiger partial charge >= 0.3 is 12.1 Å². The summed E-state index contributed by atoms with van der Waals surface area (Å²) in [6, 6.07) is 2.25. The molecule has 1 aliphatic heterocycles. The van der Waals surface area contributed by atoms with Crippen LogP contribution in [0.4, 0.5) is 19.0 Å². The van der Waals surface area contributed by atoms with Gasteiger partial charge in [-0.2, -0.15) is 13.2 Å². The number of carbonyl (C=O) groups is 1.